The predicted molar refractivity (Wildman–Crippen MR) is 109 cm³/mol. The number of amides is 3. The number of nitrogens with zero attached hydrogens (tertiary/aromatic N) is 2. The van der Waals surface area contributed by atoms with Gasteiger partial charge in [-0.25, -0.2) is 4.79 Å². The number of carbonyl (C=O) groups excluding carboxylic acids is 2. The van der Waals surface area contributed by atoms with Gasteiger partial charge in [0, 0.05) is 37.8 Å². The Morgan fingerprint density at radius 1 is 1.00 bits per heavy atom. The first kappa shape index (κ1) is 17.3. The van der Waals surface area contributed by atoms with Crippen LogP contribution in [0.3, 0.4) is 0 Å². The van der Waals surface area contributed by atoms with Crippen molar-refractivity contribution in [2.24, 2.45) is 0 Å². The number of rotatable bonds is 2. The van der Waals surface area contributed by atoms with Gasteiger partial charge >= 0.3 is 6.03 Å². The highest BCUT2D eigenvalue weighted by Gasteiger charge is 2.32. The molecule has 0 aromatic heterocycles. The topological polar surface area (TPSA) is 52.7 Å². The van der Waals surface area contributed by atoms with Crippen molar-refractivity contribution in [1.29, 1.82) is 0 Å². The summed E-state index contributed by atoms with van der Waals surface area (Å²) in [5.74, 6) is 0.241. The molecule has 2 heterocycles. The number of hydrogen-bond acceptors (Lipinski definition) is 2. The van der Waals surface area contributed by atoms with E-state index in [1.54, 1.807) is 0 Å². The summed E-state index contributed by atoms with van der Waals surface area (Å²) in [6, 6.07) is 14.8. The van der Waals surface area contributed by atoms with Crippen LogP contribution in [0.15, 0.2) is 42.5 Å². The van der Waals surface area contributed by atoms with Crippen molar-refractivity contribution in [2.45, 2.75) is 38.1 Å². The van der Waals surface area contributed by atoms with Crippen LogP contribution in [-0.4, -0.2) is 47.4 Å². The molecule has 144 valence electrons. The lowest BCUT2D eigenvalue weighted by molar-refractivity contribution is -0.130. The second kappa shape index (κ2) is 6.97. The van der Waals surface area contributed by atoms with Gasteiger partial charge in [-0.3, -0.25) is 4.79 Å². The number of benzene rings is 2. The molecule has 1 N–H and O–H groups in total. The van der Waals surface area contributed by atoms with E-state index in [1.165, 1.54) is 22.3 Å². The third-order valence-electron chi connectivity index (χ3n) is 6.28. The summed E-state index contributed by atoms with van der Waals surface area (Å²) in [6.45, 7) is 2.22. The SMILES string of the molecule is O=C(Nc1ccc2c(c1)Cc1ccccc1-2)N1CCCC(N2CCCC2=O)C1. The molecule has 2 aromatic rings. The summed E-state index contributed by atoms with van der Waals surface area (Å²) in [4.78, 5) is 28.7. The predicted octanol–water partition coefficient (Wildman–Crippen LogP) is 3.88. The minimum atomic E-state index is -0.0631. The molecule has 1 atom stereocenters. The number of likely N-dealkylation sites (tertiary alicyclic amines) is 2. The first-order chi connectivity index (χ1) is 13.7. The molecule has 3 aliphatic rings. The van der Waals surface area contributed by atoms with Gasteiger partial charge in [0.2, 0.25) is 5.91 Å². The Kier molecular flexibility index (Phi) is 4.30. The average Bonchev–Trinajstić information content (AvgIpc) is 3.31. The molecule has 2 aliphatic heterocycles. The normalized spacial score (nSPS) is 20.9. The molecule has 1 aliphatic carbocycles. The average molecular weight is 375 g/mol. The van der Waals surface area contributed by atoms with Gasteiger partial charge in [0.25, 0.3) is 0 Å². The monoisotopic (exact) mass is 375 g/mol. The third-order valence-corrected chi connectivity index (χ3v) is 6.28. The second-order valence-corrected chi connectivity index (χ2v) is 8.07. The van der Waals surface area contributed by atoms with E-state index in [0.717, 1.165) is 44.5 Å². The Balaban J connectivity index is 1.27. The molecule has 3 amide bonds. The van der Waals surface area contributed by atoms with E-state index in [-0.39, 0.29) is 18.0 Å². The molecule has 2 aromatic carbocycles. The molecule has 5 rings (SSSR count). The molecule has 2 saturated heterocycles. The van der Waals surface area contributed by atoms with Gasteiger partial charge in [0.1, 0.15) is 0 Å². The van der Waals surface area contributed by atoms with Crippen molar-refractivity contribution in [2.75, 3.05) is 25.0 Å². The van der Waals surface area contributed by atoms with Crippen molar-refractivity contribution >= 4 is 17.6 Å². The standard InChI is InChI=1S/C23H25N3O2/c27-22-8-4-12-26(22)19-6-3-11-25(15-19)23(28)24-18-9-10-21-17(14-18)13-16-5-1-2-7-20(16)21/h1-2,5,7,9-10,14,19H,3-4,6,8,11-13,15H2,(H,24,28). The van der Waals surface area contributed by atoms with E-state index >= 15 is 0 Å². The number of fused-ring (bicyclic) bond motifs is 3. The Morgan fingerprint density at radius 3 is 2.71 bits per heavy atom. The summed E-state index contributed by atoms with van der Waals surface area (Å²) >= 11 is 0. The molecule has 0 saturated carbocycles. The maximum atomic E-state index is 12.8. The smallest absolute Gasteiger partial charge is 0.321 e. The highest BCUT2D eigenvalue weighted by molar-refractivity contribution is 5.91. The Bertz CT molecular complexity index is 939. The lowest BCUT2D eigenvalue weighted by atomic mass is 10.0. The fourth-order valence-corrected chi connectivity index (χ4v) is 4.87. The first-order valence-electron chi connectivity index (χ1n) is 10.3. The molecule has 28 heavy (non-hydrogen) atoms. The molecule has 5 heteroatoms. The minimum absolute atomic E-state index is 0.0631. The van der Waals surface area contributed by atoms with Crippen molar-refractivity contribution in [1.82, 2.24) is 9.80 Å². The molecule has 1 unspecified atom stereocenters. The molecule has 5 nitrogen and oxygen atoms in total. The van der Waals surface area contributed by atoms with Crippen molar-refractivity contribution in [3.05, 3.63) is 53.6 Å². The van der Waals surface area contributed by atoms with E-state index in [2.05, 4.69) is 41.7 Å². The van der Waals surface area contributed by atoms with E-state index in [4.69, 9.17) is 0 Å². The largest absolute Gasteiger partial charge is 0.338 e. The zero-order valence-corrected chi connectivity index (χ0v) is 16.0. The minimum Gasteiger partial charge on any atom is -0.338 e. The van der Waals surface area contributed by atoms with E-state index in [9.17, 15) is 9.59 Å². The van der Waals surface area contributed by atoms with Gasteiger partial charge in [-0.15, -0.1) is 0 Å². The van der Waals surface area contributed by atoms with Crippen LogP contribution in [0, 0.1) is 0 Å². The van der Waals surface area contributed by atoms with Crippen molar-refractivity contribution in [3.63, 3.8) is 0 Å². The van der Waals surface area contributed by atoms with Crippen molar-refractivity contribution in [3.8, 4) is 11.1 Å². The number of hydrogen-bond donors (Lipinski definition) is 1. The second-order valence-electron chi connectivity index (χ2n) is 8.07. The first-order valence-corrected chi connectivity index (χ1v) is 10.3. The van der Waals surface area contributed by atoms with Gasteiger partial charge < -0.3 is 15.1 Å². The van der Waals surface area contributed by atoms with Crippen LogP contribution >= 0.6 is 0 Å². The van der Waals surface area contributed by atoms with E-state index < -0.39 is 0 Å². The van der Waals surface area contributed by atoms with Crippen LogP contribution in [0.5, 0.6) is 0 Å². The third kappa shape index (κ3) is 3.05. The summed E-state index contributed by atoms with van der Waals surface area (Å²) in [5, 5.41) is 3.07. The number of carbonyl (C=O) groups is 2. The van der Waals surface area contributed by atoms with Gasteiger partial charge in [-0.1, -0.05) is 30.3 Å². The van der Waals surface area contributed by atoms with Gasteiger partial charge in [0.15, 0.2) is 0 Å². The number of anilines is 1. The summed E-state index contributed by atoms with van der Waals surface area (Å²) in [5.41, 5.74) is 6.01. The van der Waals surface area contributed by atoms with Crippen LogP contribution in [0.25, 0.3) is 11.1 Å². The summed E-state index contributed by atoms with van der Waals surface area (Å²) in [6.07, 6.45) is 4.45. The quantitative estimate of drug-likeness (QED) is 0.739. The fraction of sp³-hybridized carbons (Fsp3) is 0.391. The Morgan fingerprint density at radius 2 is 1.86 bits per heavy atom. The molecular formula is C23H25N3O2. The van der Waals surface area contributed by atoms with Crippen LogP contribution < -0.4 is 5.32 Å². The fourth-order valence-electron chi connectivity index (χ4n) is 4.87. The maximum Gasteiger partial charge on any atom is 0.321 e. The van der Waals surface area contributed by atoms with Gasteiger partial charge in [-0.05, 0) is 60.1 Å². The molecule has 2 fully saturated rings. The summed E-state index contributed by atoms with van der Waals surface area (Å²) < 4.78 is 0. The zero-order chi connectivity index (χ0) is 19.1. The zero-order valence-electron chi connectivity index (χ0n) is 16.0. The van der Waals surface area contributed by atoms with Crippen LogP contribution in [-0.2, 0) is 11.2 Å². The number of urea groups is 1. The molecule has 0 radical (unpaired) electrons. The van der Waals surface area contributed by atoms with Gasteiger partial charge in [-0.2, -0.15) is 0 Å². The molecule has 0 bridgehead atoms. The maximum absolute atomic E-state index is 12.8. The Labute approximate surface area is 165 Å². The summed E-state index contributed by atoms with van der Waals surface area (Å²) in [7, 11) is 0. The molecular weight excluding hydrogens is 350 g/mol. The lowest BCUT2D eigenvalue weighted by Crippen LogP contribution is -2.51. The molecule has 0 spiro atoms. The Hall–Kier alpha value is -2.82. The highest BCUT2D eigenvalue weighted by atomic mass is 16.2. The highest BCUT2D eigenvalue weighted by Crippen LogP contribution is 2.37. The van der Waals surface area contributed by atoms with E-state index in [1.807, 2.05) is 15.9 Å². The van der Waals surface area contributed by atoms with Gasteiger partial charge in [0.05, 0.1) is 0 Å². The van der Waals surface area contributed by atoms with E-state index in [0.29, 0.717) is 13.0 Å². The van der Waals surface area contributed by atoms with Crippen LogP contribution in [0.2, 0.25) is 0 Å². The van der Waals surface area contributed by atoms with Crippen LogP contribution in [0.1, 0.15) is 36.8 Å². The number of piperidine rings is 1. The lowest BCUT2D eigenvalue weighted by Gasteiger charge is -2.37. The van der Waals surface area contributed by atoms with Crippen molar-refractivity contribution < 1.29 is 9.59 Å². The van der Waals surface area contributed by atoms with Crippen LogP contribution in [0.4, 0.5) is 10.5 Å². The number of nitrogens with one attached hydrogen (secondary N) is 1.